The van der Waals surface area contributed by atoms with E-state index in [1.54, 1.807) is 25.6 Å². The standard InChI is InChI=1S/C19H32N2O7S/c1-5-10-29-12-14(18(24)27-6-2)20-13(3)17(23)21-9-7-8-15(21)19(25)28-11-16(22)26-4/h13-15,20H,5-12H2,1-4H3/t13?,14-,15-/m0/s1. The van der Waals surface area contributed by atoms with Gasteiger partial charge in [0.15, 0.2) is 6.61 Å². The van der Waals surface area contributed by atoms with Crippen LogP contribution in [0.1, 0.15) is 40.0 Å². The molecule has 0 radical (unpaired) electrons. The highest BCUT2D eigenvalue weighted by Gasteiger charge is 2.38. The fourth-order valence-corrected chi connectivity index (χ4v) is 3.88. The van der Waals surface area contributed by atoms with Crippen molar-refractivity contribution in [3.63, 3.8) is 0 Å². The van der Waals surface area contributed by atoms with Gasteiger partial charge in [-0.2, -0.15) is 11.8 Å². The van der Waals surface area contributed by atoms with Crippen molar-refractivity contribution in [1.82, 2.24) is 10.2 Å². The van der Waals surface area contributed by atoms with Crippen LogP contribution >= 0.6 is 11.8 Å². The van der Waals surface area contributed by atoms with Crippen molar-refractivity contribution >= 4 is 35.6 Å². The Bertz CT molecular complexity index is 573. The summed E-state index contributed by atoms with van der Waals surface area (Å²) in [6.07, 6.45) is 2.11. The van der Waals surface area contributed by atoms with E-state index >= 15 is 0 Å². The Morgan fingerprint density at radius 1 is 1.21 bits per heavy atom. The van der Waals surface area contributed by atoms with Gasteiger partial charge in [-0.1, -0.05) is 6.92 Å². The normalized spacial score (nSPS) is 18.1. The van der Waals surface area contributed by atoms with Crippen LogP contribution in [0.15, 0.2) is 0 Å². The zero-order valence-electron chi connectivity index (χ0n) is 17.6. The van der Waals surface area contributed by atoms with Crippen LogP contribution in [-0.2, 0) is 33.4 Å². The molecule has 0 bridgehead atoms. The van der Waals surface area contributed by atoms with Crippen LogP contribution in [0.25, 0.3) is 0 Å². The molecule has 1 aliphatic heterocycles. The molecule has 1 N–H and O–H groups in total. The first-order valence-electron chi connectivity index (χ1n) is 9.89. The lowest BCUT2D eigenvalue weighted by Crippen LogP contribution is -2.54. The summed E-state index contributed by atoms with van der Waals surface area (Å²) in [5.74, 6) is -0.585. The molecular weight excluding hydrogens is 400 g/mol. The Balaban J connectivity index is 2.71. The summed E-state index contributed by atoms with van der Waals surface area (Å²) in [4.78, 5) is 50.0. The Morgan fingerprint density at radius 2 is 1.93 bits per heavy atom. The molecule has 10 heteroatoms. The van der Waals surface area contributed by atoms with Crippen molar-refractivity contribution in [3.8, 4) is 0 Å². The molecule has 1 fully saturated rings. The fourth-order valence-electron chi connectivity index (χ4n) is 2.96. The highest BCUT2D eigenvalue weighted by molar-refractivity contribution is 7.99. The van der Waals surface area contributed by atoms with E-state index in [4.69, 9.17) is 9.47 Å². The van der Waals surface area contributed by atoms with Gasteiger partial charge in [0.1, 0.15) is 12.1 Å². The highest BCUT2D eigenvalue weighted by Crippen LogP contribution is 2.20. The second-order valence-electron chi connectivity index (χ2n) is 6.64. The van der Waals surface area contributed by atoms with Crippen LogP contribution in [0.4, 0.5) is 0 Å². The molecule has 9 nitrogen and oxygen atoms in total. The lowest BCUT2D eigenvalue weighted by Gasteiger charge is -2.28. The highest BCUT2D eigenvalue weighted by atomic mass is 32.2. The summed E-state index contributed by atoms with van der Waals surface area (Å²) in [6, 6.07) is -2.04. The molecule has 0 aromatic rings. The molecule has 1 saturated heterocycles. The molecular formula is C19H32N2O7S. The third kappa shape index (κ3) is 8.22. The summed E-state index contributed by atoms with van der Waals surface area (Å²) in [7, 11) is 1.20. The number of hydrogen-bond donors (Lipinski definition) is 1. The van der Waals surface area contributed by atoms with Crippen molar-refractivity contribution in [3.05, 3.63) is 0 Å². The molecule has 3 atom stereocenters. The number of ether oxygens (including phenoxy) is 3. The number of rotatable bonds is 12. The van der Waals surface area contributed by atoms with E-state index in [0.717, 1.165) is 12.2 Å². The van der Waals surface area contributed by atoms with Gasteiger partial charge in [-0.15, -0.1) is 0 Å². The van der Waals surface area contributed by atoms with Gasteiger partial charge in [0.05, 0.1) is 19.8 Å². The molecule has 0 saturated carbocycles. The fraction of sp³-hybridized carbons (Fsp3) is 0.789. The van der Waals surface area contributed by atoms with Gasteiger partial charge in [0.2, 0.25) is 5.91 Å². The number of carbonyl (C=O) groups excluding carboxylic acids is 4. The predicted molar refractivity (Wildman–Crippen MR) is 108 cm³/mol. The second-order valence-corrected chi connectivity index (χ2v) is 7.79. The molecule has 0 aromatic heterocycles. The van der Waals surface area contributed by atoms with Crippen molar-refractivity contribution in [2.45, 2.75) is 58.2 Å². The van der Waals surface area contributed by atoms with Crippen molar-refractivity contribution in [2.75, 3.05) is 38.4 Å². The largest absolute Gasteiger partial charge is 0.466 e. The molecule has 1 heterocycles. The molecule has 0 aromatic carbocycles. The number of likely N-dealkylation sites (tertiary alicyclic amines) is 1. The summed E-state index contributed by atoms with van der Waals surface area (Å²) in [6.45, 7) is 5.64. The van der Waals surface area contributed by atoms with E-state index in [2.05, 4.69) is 17.0 Å². The van der Waals surface area contributed by atoms with Gasteiger partial charge in [-0.05, 0) is 38.9 Å². The van der Waals surface area contributed by atoms with Gasteiger partial charge < -0.3 is 19.1 Å². The smallest absolute Gasteiger partial charge is 0.344 e. The number of carbonyl (C=O) groups is 4. The summed E-state index contributed by atoms with van der Waals surface area (Å²) in [5, 5.41) is 3.04. The molecule has 1 unspecified atom stereocenters. The SMILES string of the molecule is CCCSC[C@H](NC(C)C(=O)N1CCC[C@H]1C(=O)OCC(=O)OC)C(=O)OCC. The number of amides is 1. The maximum absolute atomic E-state index is 12.9. The lowest BCUT2D eigenvalue weighted by atomic mass is 10.2. The average molecular weight is 433 g/mol. The second kappa shape index (κ2) is 13.4. The Hall–Kier alpha value is -1.81. The number of hydrogen-bond acceptors (Lipinski definition) is 9. The van der Waals surface area contributed by atoms with Crippen molar-refractivity contribution in [2.24, 2.45) is 0 Å². The zero-order valence-corrected chi connectivity index (χ0v) is 18.4. The topological polar surface area (TPSA) is 111 Å². The first-order chi connectivity index (χ1) is 13.8. The minimum Gasteiger partial charge on any atom is -0.466 e. The minimum atomic E-state index is -0.744. The van der Waals surface area contributed by atoms with Gasteiger partial charge in [-0.25, -0.2) is 9.59 Å². The van der Waals surface area contributed by atoms with Crippen LogP contribution in [0, 0.1) is 0 Å². The molecule has 1 aliphatic rings. The van der Waals surface area contributed by atoms with Gasteiger partial charge in [-0.3, -0.25) is 14.9 Å². The lowest BCUT2D eigenvalue weighted by molar-refractivity contribution is -0.161. The molecule has 166 valence electrons. The quantitative estimate of drug-likeness (QED) is 0.271. The molecule has 0 aliphatic carbocycles. The van der Waals surface area contributed by atoms with E-state index in [-0.39, 0.29) is 12.5 Å². The monoisotopic (exact) mass is 432 g/mol. The molecule has 1 rings (SSSR count). The zero-order chi connectivity index (χ0) is 21.8. The molecule has 29 heavy (non-hydrogen) atoms. The van der Waals surface area contributed by atoms with Crippen LogP contribution in [-0.4, -0.2) is 85.2 Å². The Labute approximate surface area is 176 Å². The number of nitrogens with zero attached hydrogens (tertiary/aromatic N) is 1. The summed E-state index contributed by atoms with van der Waals surface area (Å²) < 4.78 is 14.5. The summed E-state index contributed by atoms with van der Waals surface area (Å²) >= 11 is 1.61. The first-order valence-corrected chi connectivity index (χ1v) is 11.0. The van der Waals surface area contributed by atoms with Crippen molar-refractivity contribution in [1.29, 1.82) is 0 Å². The van der Waals surface area contributed by atoms with Crippen LogP contribution in [0.2, 0.25) is 0 Å². The van der Waals surface area contributed by atoms with Crippen LogP contribution in [0.5, 0.6) is 0 Å². The van der Waals surface area contributed by atoms with E-state index < -0.39 is 42.6 Å². The number of thioether (sulfide) groups is 1. The van der Waals surface area contributed by atoms with E-state index in [1.807, 2.05) is 0 Å². The van der Waals surface area contributed by atoms with Crippen LogP contribution in [0.3, 0.4) is 0 Å². The molecule has 1 amide bonds. The maximum atomic E-state index is 12.9. The van der Waals surface area contributed by atoms with Gasteiger partial charge in [0, 0.05) is 12.3 Å². The molecule has 0 spiro atoms. The van der Waals surface area contributed by atoms with E-state index in [9.17, 15) is 19.2 Å². The Kier molecular flexibility index (Phi) is 11.7. The number of esters is 3. The van der Waals surface area contributed by atoms with Crippen LogP contribution < -0.4 is 5.32 Å². The average Bonchev–Trinajstić information content (AvgIpc) is 3.20. The third-order valence-electron chi connectivity index (χ3n) is 4.39. The maximum Gasteiger partial charge on any atom is 0.344 e. The van der Waals surface area contributed by atoms with Gasteiger partial charge >= 0.3 is 17.9 Å². The van der Waals surface area contributed by atoms with E-state index in [0.29, 0.717) is 25.1 Å². The Morgan fingerprint density at radius 3 is 2.55 bits per heavy atom. The summed E-state index contributed by atoms with van der Waals surface area (Å²) in [5.41, 5.74) is 0. The van der Waals surface area contributed by atoms with E-state index in [1.165, 1.54) is 12.0 Å². The number of methoxy groups -OCH3 is 1. The number of nitrogens with one attached hydrogen (secondary N) is 1. The van der Waals surface area contributed by atoms with Gasteiger partial charge in [0.25, 0.3) is 0 Å². The minimum absolute atomic E-state index is 0.262. The first kappa shape index (κ1) is 25.2. The third-order valence-corrected chi connectivity index (χ3v) is 5.66. The van der Waals surface area contributed by atoms with Crippen molar-refractivity contribution < 1.29 is 33.4 Å². The predicted octanol–water partition coefficient (Wildman–Crippen LogP) is 0.747.